The van der Waals surface area contributed by atoms with Crippen LogP contribution in [0.1, 0.15) is 105 Å². The molecule has 2 amide bonds. The molecular weight excluding hydrogens is 839 g/mol. The van der Waals surface area contributed by atoms with Crippen LogP contribution in [0.2, 0.25) is 0 Å². The number of aromatic amines is 1. The van der Waals surface area contributed by atoms with Crippen LogP contribution in [-0.2, 0) is 16.0 Å². The monoisotopic (exact) mass is 899 g/mol. The molecule has 4 fully saturated rings. The molecule has 344 valence electrons. The predicted octanol–water partition coefficient (Wildman–Crippen LogP) is 11.8. The lowest BCUT2D eigenvalue weighted by Crippen LogP contribution is -2.48. The van der Waals surface area contributed by atoms with Gasteiger partial charge in [-0.3, -0.25) is 24.4 Å². The van der Waals surface area contributed by atoms with Crippen LogP contribution < -0.4 is 0 Å². The van der Waals surface area contributed by atoms with Gasteiger partial charge in [-0.25, -0.2) is 4.98 Å². The molecule has 5 aliphatic heterocycles. The number of rotatable bonds is 10. The van der Waals surface area contributed by atoms with Gasteiger partial charge < -0.3 is 14.8 Å². The second-order valence-corrected chi connectivity index (χ2v) is 20.0. The Morgan fingerprint density at radius 3 is 1.63 bits per heavy atom. The Bertz CT molecular complexity index is 3010. The van der Waals surface area contributed by atoms with Gasteiger partial charge in [-0.15, -0.1) is 0 Å². The molecule has 0 unspecified atom stereocenters. The highest BCUT2D eigenvalue weighted by Crippen LogP contribution is 2.40. The fourth-order valence-electron chi connectivity index (χ4n) is 12.2. The summed E-state index contributed by atoms with van der Waals surface area (Å²) in [5.41, 5.74) is 12.2. The highest BCUT2D eigenvalue weighted by atomic mass is 16.2. The zero-order chi connectivity index (χ0) is 45.6. The standard InChI is InChI=1S/C59H61N7O2/c67-58(55(40-15-5-1-6-16-40)63-29-9-3-10-30-63)65-33-13-19-53(65)52-39-48-37-46(25-27-49(48)60-52)44-22-21-43-36-45(24-23-42(43)35-44)47-26-28-50-51(38-47)62-57(61-50)54-20-14-34-66(54)59(68)56(41-17-7-2-8-18-41)64-31-11-4-12-32-64/h1-2,5-8,15-18,21-28,35-38,53-56H,3-4,9-14,19-20,29-34,39H2,(H,61,62)/t53-,54-,55+,56+/m0/s1. The number of H-pyrrole nitrogens is 1. The van der Waals surface area contributed by atoms with Gasteiger partial charge in [-0.1, -0.05) is 110 Å². The number of benzene rings is 6. The van der Waals surface area contributed by atoms with Crippen molar-refractivity contribution < 1.29 is 9.59 Å². The van der Waals surface area contributed by atoms with Crippen LogP contribution in [-0.4, -0.2) is 92.4 Å². The van der Waals surface area contributed by atoms with Crippen LogP contribution >= 0.6 is 0 Å². The van der Waals surface area contributed by atoms with Crippen LogP contribution in [0.25, 0.3) is 44.1 Å². The van der Waals surface area contributed by atoms with Gasteiger partial charge in [0.2, 0.25) is 11.8 Å². The first-order valence-corrected chi connectivity index (χ1v) is 25.5. The third-order valence-corrected chi connectivity index (χ3v) is 15.7. The van der Waals surface area contributed by atoms with E-state index in [0.717, 1.165) is 148 Å². The van der Waals surface area contributed by atoms with E-state index in [0.29, 0.717) is 0 Å². The maximum atomic E-state index is 14.6. The number of piperidine rings is 2. The second-order valence-electron chi connectivity index (χ2n) is 20.0. The van der Waals surface area contributed by atoms with E-state index in [-0.39, 0.29) is 36.0 Å². The number of hydrogen-bond donors (Lipinski definition) is 1. The molecule has 0 saturated carbocycles. The van der Waals surface area contributed by atoms with Gasteiger partial charge >= 0.3 is 0 Å². The topological polar surface area (TPSA) is 88.1 Å². The van der Waals surface area contributed by atoms with E-state index in [4.69, 9.17) is 9.98 Å². The maximum absolute atomic E-state index is 14.6. The minimum absolute atomic E-state index is 0.0380. The average Bonchev–Trinajstić information content (AvgIpc) is 4.24. The lowest BCUT2D eigenvalue weighted by Gasteiger charge is -2.37. The van der Waals surface area contributed by atoms with Gasteiger partial charge in [-0.05, 0) is 164 Å². The van der Waals surface area contributed by atoms with Crippen molar-refractivity contribution in [3.8, 4) is 22.3 Å². The molecule has 0 radical (unpaired) electrons. The number of imidazole rings is 1. The van der Waals surface area contributed by atoms with Gasteiger partial charge in [-0.2, -0.15) is 0 Å². The van der Waals surface area contributed by atoms with E-state index < -0.39 is 0 Å². The molecule has 4 saturated heterocycles. The van der Waals surface area contributed by atoms with Crippen molar-refractivity contribution in [1.82, 2.24) is 29.6 Å². The van der Waals surface area contributed by atoms with Crippen molar-refractivity contribution in [3.05, 3.63) is 156 Å². The summed E-state index contributed by atoms with van der Waals surface area (Å²) in [5, 5.41) is 2.38. The maximum Gasteiger partial charge on any atom is 0.245 e. The smallest absolute Gasteiger partial charge is 0.245 e. The van der Waals surface area contributed by atoms with Crippen molar-refractivity contribution >= 4 is 45.0 Å². The summed E-state index contributed by atoms with van der Waals surface area (Å²) >= 11 is 0. The molecule has 0 aliphatic carbocycles. The second kappa shape index (κ2) is 18.6. The van der Waals surface area contributed by atoms with Crippen LogP contribution in [0.15, 0.2) is 138 Å². The molecule has 6 aromatic carbocycles. The molecule has 6 heterocycles. The largest absolute Gasteiger partial charge is 0.340 e. The third-order valence-electron chi connectivity index (χ3n) is 15.7. The lowest BCUT2D eigenvalue weighted by molar-refractivity contribution is -0.139. The molecule has 7 aromatic rings. The SMILES string of the molecule is O=C([C@@H](c1ccccc1)N1CCCCC1)N1CCC[C@H]1C1=Nc2ccc(-c3ccc4cc(-c5ccc6nc([C@@H]7CCCN7C(=O)[C@@H](c7ccccc7)N7CCCCC7)[nH]c6c5)ccc4c3)cc2C1. The number of hydrogen-bond acceptors (Lipinski definition) is 6. The van der Waals surface area contributed by atoms with Crippen molar-refractivity contribution in [1.29, 1.82) is 0 Å². The number of nitrogens with one attached hydrogen (secondary N) is 1. The molecule has 0 bridgehead atoms. The minimum atomic E-state index is -0.260. The number of aromatic nitrogens is 2. The molecular formula is C59H61N7O2. The number of fused-ring (bicyclic) bond motifs is 3. The number of aliphatic imine (C=N–C) groups is 1. The highest BCUT2D eigenvalue weighted by molar-refractivity contribution is 6.01. The normalized spacial score (nSPS) is 21.0. The van der Waals surface area contributed by atoms with E-state index in [1.807, 2.05) is 12.1 Å². The summed E-state index contributed by atoms with van der Waals surface area (Å²) in [6, 6.07) is 46.9. The summed E-state index contributed by atoms with van der Waals surface area (Å²) in [7, 11) is 0. The molecule has 9 nitrogen and oxygen atoms in total. The predicted molar refractivity (Wildman–Crippen MR) is 273 cm³/mol. The van der Waals surface area contributed by atoms with Crippen LogP contribution in [0.3, 0.4) is 0 Å². The zero-order valence-electron chi connectivity index (χ0n) is 39.0. The lowest BCUT2D eigenvalue weighted by atomic mass is 9.95. The molecule has 4 atom stereocenters. The molecule has 5 aliphatic rings. The Kier molecular flexibility index (Phi) is 11.7. The number of carbonyl (C=O) groups excluding carboxylic acids is 2. The molecule has 68 heavy (non-hydrogen) atoms. The van der Waals surface area contributed by atoms with E-state index in [1.54, 1.807) is 0 Å². The first-order valence-electron chi connectivity index (χ1n) is 25.5. The summed E-state index contributed by atoms with van der Waals surface area (Å²) in [6.07, 6.45) is 11.7. The number of likely N-dealkylation sites (tertiary alicyclic amines) is 4. The van der Waals surface area contributed by atoms with Crippen LogP contribution in [0.4, 0.5) is 5.69 Å². The number of nitrogens with zero attached hydrogens (tertiary/aromatic N) is 6. The van der Waals surface area contributed by atoms with Crippen molar-refractivity contribution in [2.45, 2.75) is 94.8 Å². The van der Waals surface area contributed by atoms with Gasteiger partial charge in [0.15, 0.2) is 0 Å². The fraction of sp³-hybridized carbons (Fsp3) is 0.356. The molecule has 9 heteroatoms. The van der Waals surface area contributed by atoms with Gasteiger partial charge in [0.1, 0.15) is 17.9 Å². The summed E-state index contributed by atoms with van der Waals surface area (Å²) in [5.74, 6) is 1.31. The zero-order valence-corrected chi connectivity index (χ0v) is 39.0. The first-order chi connectivity index (χ1) is 33.5. The van der Waals surface area contributed by atoms with E-state index >= 15 is 0 Å². The summed E-state index contributed by atoms with van der Waals surface area (Å²) in [6.45, 7) is 5.40. The van der Waals surface area contributed by atoms with E-state index in [2.05, 4.69) is 146 Å². The van der Waals surface area contributed by atoms with Crippen molar-refractivity contribution in [2.75, 3.05) is 39.3 Å². The van der Waals surface area contributed by atoms with Gasteiger partial charge in [0, 0.05) is 25.2 Å². The molecule has 12 rings (SSSR count). The van der Waals surface area contributed by atoms with Crippen LogP contribution in [0.5, 0.6) is 0 Å². The Balaban J connectivity index is 0.743. The Hall–Kier alpha value is -6.42. The van der Waals surface area contributed by atoms with Gasteiger partial charge in [0.05, 0.1) is 28.8 Å². The fourth-order valence-corrected chi connectivity index (χ4v) is 12.2. The average molecular weight is 900 g/mol. The Morgan fingerprint density at radius 2 is 1.03 bits per heavy atom. The van der Waals surface area contributed by atoms with E-state index in [1.165, 1.54) is 40.3 Å². The summed E-state index contributed by atoms with van der Waals surface area (Å²) in [4.78, 5) is 52.2. The Morgan fingerprint density at radius 1 is 0.515 bits per heavy atom. The third kappa shape index (κ3) is 8.23. The number of carbonyl (C=O) groups is 2. The Labute approximate surface area is 399 Å². The van der Waals surface area contributed by atoms with Crippen molar-refractivity contribution in [3.63, 3.8) is 0 Å². The first kappa shape index (κ1) is 42.9. The molecule has 1 aromatic heterocycles. The highest BCUT2D eigenvalue weighted by Gasteiger charge is 2.41. The molecule has 0 spiro atoms. The van der Waals surface area contributed by atoms with Crippen molar-refractivity contribution in [2.24, 2.45) is 4.99 Å². The van der Waals surface area contributed by atoms with E-state index in [9.17, 15) is 9.59 Å². The molecule has 1 N–H and O–H groups in total. The van der Waals surface area contributed by atoms with Gasteiger partial charge in [0.25, 0.3) is 0 Å². The van der Waals surface area contributed by atoms with Crippen LogP contribution in [0, 0.1) is 0 Å². The minimum Gasteiger partial charge on any atom is -0.340 e. The summed E-state index contributed by atoms with van der Waals surface area (Å²) < 4.78 is 0. The quantitative estimate of drug-likeness (QED) is 0.148. The number of amides is 2.